The SMILES string of the molecule is C(#Cc1ccccc1)C1=CCCCCC1. The molecule has 0 fully saturated rings. The molecule has 15 heavy (non-hydrogen) atoms. The monoisotopic (exact) mass is 196 g/mol. The van der Waals surface area contributed by atoms with Crippen molar-refractivity contribution in [3.05, 3.63) is 47.5 Å². The number of benzene rings is 1. The Hall–Kier alpha value is -1.48. The third kappa shape index (κ3) is 3.29. The standard InChI is InChI=1S/C15H16/c1-2-5-9-14(8-4-1)12-13-15-10-6-3-7-11-15/h3,6-8,10-11H,1-2,4-5,9H2. The van der Waals surface area contributed by atoms with Crippen LogP contribution in [0.3, 0.4) is 0 Å². The lowest BCUT2D eigenvalue weighted by atomic mass is 10.1. The molecule has 0 saturated heterocycles. The number of hydrogen-bond acceptors (Lipinski definition) is 0. The van der Waals surface area contributed by atoms with Gasteiger partial charge < -0.3 is 0 Å². The second-order valence-electron chi connectivity index (χ2n) is 3.94. The van der Waals surface area contributed by atoms with Crippen LogP contribution in [0.4, 0.5) is 0 Å². The van der Waals surface area contributed by atoms with E-state index in [0.29, 0.717) is 0 Å². The van der Waals surface area contributed by atoms with Crippen molar-refractivity contribution in [2.45, 2.75) is 32.1 Å². The van der Waals surface area contributed by atoms with E-state index < -0.39 is 0 Å². The van der Waals surface area contributed by atoms with Crippen LogP contribution in [0.15, 0.2) is 42.0 Å². The van der Waals surface area contributed by atoms with Crippen molar-refractivity contribution in [2.75, 3.05) is 0 Å². The molecule has 0 N–H and O–H groups in total. The van der Waals surface area contributed by atoms with E-state index in [9.17, 15) is 0 Å². The van der Waals surface area contributed by atoms with Gasteiger partial charge in [0.2, 0.25) is 0 Å². The molecule has 1 aromatic rings. The highest BCUT2D eigenvalue weighted by atomic mass is 14.0. The van der Waals surface area contributed by atoms with Gasteiger partial charge >= 0.3 is 0 Å². The van der Waals surface area contributed by atoms with E-state index in [0.717, 1.165) is 5.56 Å². The Balaban J connectivity index is 2.07. The molecular weight excluding hydrogens is 180 g/mol. The van der Waals surface area contributed by atoms with Crippen LogP contribution in [-0.4, -0.2) is 0 Å². The van der Waals surface area contributed by atoms with Crippen LogP contribution >= 0.6 is 0 Å². The molecule has 0 saturated carbocycles. The average Bonchev–Trinajstić information content (AvgIpc) is 2.56. The largest absolute Gasteiger partial charge is 0.0729 e. The molecule has 0 radical (unpaired) electrons. The molecule has 76 valence electrons. The van der Waals surface area contributed by atoms with Crippen LogP contribution in [0, 0.1) is 11.8 Å². The predicted octanol–water partition coefficient (Wildman–Crippen LogP) is 3.93. The molecule has 0 nitrogen and oxygen atoms in total. The fourth-order valence-electron chi connectivity index (χ4n) is 1.80. The van der Waals surface area contributed by atoms with Crippen molar-refractivity contribution in [1.29, 1.82) is 0 Å². The smallest absolute Gasteiger partial charge is 0.0248 e. The summed E-state index contributed by atoms with van der Waals surface area (Å²) in [5, 5.41) is 0. The Morgan fingerprint density at radius 1 is 0.867 bits per heavy atom. The van der Waals surface area contributed by atoms with Crippen molar-refractivity contribution >= 4 is 0 Å². The Bertz CT molecular complexity index is 387. The first-order chi connectivity index (χ1) is 7.45. The Morgan fingerprint density at radius 3 is 2.60 bits per heavy atom. The minimum Gasteiger partial charge on any atom is -0.0729 e. The summed E-state index contributed by atoms with van der Waals surface area (Å²) in [6.45, 7) is 0. The molecule has 0 atom stereocenters. The summed E-state index contributed by atoms with van der Waals surface area (Å²) in [6.07, 6.45) is 8.67. The van der Waals surface area contributed by atoms with Crippen LogP contribution in [0.5, 0.6) is 0 Å². The van der Waals surface area contributed by atoms with Gasteiger partial charge in [-0.1, -0.05) is 42.5 Å². The second-order valence-corrected chi connectivity index (χ2v) is 3.94. The maximum atomic E-state index is 3.29. The van der Waals surface area contributed by atoms with Crippen molar-refractivity contribution < 1.29 is 0 Å². The first-order valence-electron chi connectivity index (χ1n) is 5.71. The van der Waals surface area contributed by atoms with E-state index in [1.165, 1.54) is 37.7 Å². The molecule has 0 heteroatoms. The third-order valence-corrected chi connectivity index (χ3v) is 2.68. The Kier molecular flexibility index (Phi) is 3.63. The first-order valence-corrected chi connectivity index (χ1v) is 5.71. The maximum Gasteiger partial charge on any atom is 0.0248 e. The molecule has 0 bridgehead atoms. The fourth-order valence-corrected chi connectivity index (χ4v) is 1.80. The molecule has 0 aromatic heterocycles. The van der Waals surface area contributed by atoms with Crippen LogP contribution in [-0.2, 0) is 0 Å². The van der Waals surface area contributed by atoms with Gasteiger partial charge in [0.25, 0.3) is 0 Å². The van der Waals surface area contributed by atoms with Gasteiger partial charge in [0.1, 0.15) is 0 Å². The van der Waals surface area contributed by atoms with Crippen molar-refractivity contribution in [2.24, 2.45) is 0 Å². The molecule has 1 aliphatic carbocycles. The van der Waals surface area contributed by atoms with Gasteiger partial charge in [-0.3, -0.25) is 0 Å². The summed E-state index contributed by atoms with van der Waals surface area (Å²) < 4.78 is 0. The lowest BCUT2D eigenvalue weighted by Gasteiger charge is -1.93. The zero-order valence-corrected chi connectivity index (χ0v) is 9.00. The Labute approximate surface area is 92.0 Å². The van der Waals surface area contributed by atoms with E-state index in [1.54, 1.807) is 0 Å². The van der Waals surface area contributed by atoms with E-state index in [2.05, 4.69) is 30.0 Å². The zero-order valence-electron chi connectivity index (χ0n) is 9.00. The lowest BCUT2D eigenvalue weighted by Crippen LogP contribution is -1.78. The molecule has 0 amide bonds. The van der Waals surface area contributed by atoms with Crippen molar-refractivity contribution in [3.63, 3.8) is 0 Å². The normalized spacial score (nSPS) is 15.9. The fraction of sp³-hybridized carbons (Fsp3) is 0.333. The van der Waals surface area contributed by atoms with E-state index >= 15 is 0 Å². The number of rotatable bonds is 0. The minimum atomic E-state index is 1.11. The number of allylic oxidation sites excluding steroid dienone is 2. The van der Waals surface area contributed by atoms with Gasteiger partial charge in [-0.2, -0.15) is 0 Å². The van der Waals surface area contributed by atoms with Crippen molar-refractivity contribution in [1.82, 2.24) is 0 Å². The highest BCUT2D eigenvalue weighted by Crippen LogP contribution is 2.16. The van der Waals surface area contributed by atoms with E-state index in [4.69, 9.17) is 0 Å². The summed E-state index contributed by atoms with van der Waals surface area (Å²) in [7, 11) is 0. The summed E-state index contributed by atoms with van der Waals surface area (Å²) >= 11 is 0. The topological polar surface area (TPSA) is 0 Å². The molecule has 0 heterocycles. The first kappa shape index (κ1) is 10.1. The van der Waals surface area contributed by atoms with Crippen LogP contribution in [0.1, 0.15) is 37.7 Å². The molecule has 0 spiro atoms. The highest BCUT2D eigenvalue weighted by molar-refractivity contribution is 5.40. The van der Waals surface area contributed by atoms with Gasteiger partial charge in [0, 0.05) is 5.56 Å². The molecule has 2 rings (SSSR count). The van der Waals surface area contributed by atoms with Crippen molar-refractivity contribution in [3.8, 4) is 11.8 Å². The van der Waals surface area contributed by atoms with Gasteiger partial charge in [-0.25, -0.2) is 0 Å². The maximum absolute atomic E-state index is 3.29. The third-order valence-electron chi connectivity index (χ3n) is 2.68. The zero-order chi connectivity index (χ0) is 10.3. The van der Waals surface area contributed by atoms with E-state index in [1.807, 2.05) is 18.2 Å². The van der Waals surface area contributed by atoms with Crippen LogP contribution in [0.25, 0.3) is 0 Å². The minimum absolute atomic E-state index is 1.11. The quantitative estimate of drug-likeness (QED) is 0.551. The lowest BCUT2D eigenvalue weighted by molar-refractivity contribution is 0.714. The second kappa shape index (κ2) is 5.41. The molecular formula is C15H16. The predicted molar refractivity (Wildman–Crippen MR) is 64.5 cm³/mol. The Morgan fingerprint density at radius 2 is 1.73 bits per heavy atom. The van der Waals surface area contributed by atoms with Crippen LogP contribution < -0.4 is 0 Å². The summed E-state index contributed by atoms with van der Waals surface area (Å²) in [4.78, 5) is 0. The summed E-state index contributed by atoms with van der Waals surface area (Å²) in [6, 6.07) is 10.2. The molecule has 0 unspecified atom stereocenters. The van der Waals surface area contributed by atoms with Gasteiger partial charge in [0.05, 0.1) is 0 Å². The van der Waals surface area contributed by atoms with Gasteiger partial charge in [-0.15, -0.1) is 0 Å². The summed E-state index contributed by atoms with van der Waals surface area (Å²) in [5.74, 6) is 6.51. The average molecular weight is 196 g/mol. The van der Waals surface area contributed by atoms with E-state index in [-0.39, 0.29) is 0 Å². The highest BCUT2D eigenvalue weighted by Gasteiger charge is 1.98. The number of hydrogen-bond donors (Lipinski definition) is 0. The van der Waals surface area contributed by atoms with Crippen LogP contribution in [0.2, 0.25) is 0 Å². The molecule has 1 aliphatic rings. The molecule has 1 aromatic carbocycles. The van der Waals surface area contributed by atoms with Gasteiger partial charge in [-0.05, 0) is 43.4 Å². The van der Waals surface area contributed by atoms with Gasteiger partial charge in [0.15, 0.2) is 0 Å². The molecule has 0 aliphatic heterocycles. The summed E-state index contributed by atoms with van der Waals surface area (Å²) in [5.41, 5.74) is 2.44.